The number of rotatable bonds is 5. The third kappa shape index (κ3) is 5.52. The minimum atomic E-state index is 0.512. The second-order valence-corrected chi connectivity index (χ2v) is 5.04. The summed E-state index contributed by atoms with van der Waals surface area (Å²) in [5.41, 5.74) is 5.63. The Kier molecular flexibility index (Phi) is 6.55. The molecule has 0 bridgehead atoms. The summed E-state index contributed by atoms with van der Waals surface area (Å²) in [5.74, 6) is 1.36. The number of halogens is 2. The van der Waals surface area contributed by atoms with Gasteiger partial charge in [-0.3, -0.25) is 4.99 Å². The number of hydrogen-bond donors (Lipinski definition) is 1. The Labute approximate surface area is 115 Å². The van der Waals surface area contributed by atoms with Crippen molar-refractivity contribution in [1.82, 2.24) is 0 Å². The highest BCUT2D eigenvalue weighted by Gasteiger charge is 2.02. The Morgan fingerprint density at radius 2 is 2.24 bits per heavy atom. The van der Waals surface area contributed by atoms with Crippen LogP contribution in [0.1, 0.15) is 6.92 Å². The van der Waals surface area contributed by atoms with Crippen molar-refractivity contribution in [3.8, 4) is 5.75 Å². The number of ether oxygens (including phenoxy) is 1. The molecule has 0 aromatic heterocycles. The molecular formula is C11H14Cl2N2OS. The lowest BCUT2D eigenvalue weighted by Crippen LogP contribution is -2.10. The topological polar surface area (TPSA) is 47.6 Å². The summed E-state index contributed by atoms with van der Waals surface area (Å²) in [7, 11) is 0. The first-order valence-electron chi connectivity index (χ1n) is 5.14. The Morgan fingerprint density at radius 1 is 1.47 bits per heavy atom. The molecule has 3 nitrogen and oxygen atoms in total. The van der Waals surface area contributed by atoms with Gasteiger partial charge in [-0.25, -0.2) is 0 Å². The maximum atomic E-state index is 5.96. The number of amidine groups is 1. The second-order valence-electron chi connectivity index (χ2n) is 3.08. The zero-order chi connectivity index (χ0) is 12.7. The molecular weight excluding hydrogens is 279 g/mol. The quantitative estimate of drug-likeness (QED) is 0.514. The van der Waals surface area contributed by atoms with E-state index in [0.717, 1.165) is 5.75 Å². The van der Waals surface area contributed by atoms with E-state index in [9.17, 15) is 0 Å². The normalized spacial score (nSPS) is 11.6. The molecule has 0 radical (unpaired) electrons. The van der Waals surface area contributed by atoms with E-state index in [1.54, 1.807) is 18.2 Å². The van der Waals surface area contributed by atoms with Crippen molar-refractivity contribution in [2.24, 2.45) is 10.7 Å². The van der Waals surface area contributed by atoms with Crippen molar-refractivity contribution in [2.45, 2.75) is 6.92 Å². The van der Waals surface area contributed by atoms with Crippen LogP contribution in [0.3, 0.4) is 0 Å². The van der Waals surface area contributed by atoms with E-state index in [1.807, 2.05) is 6.92 Å². The maximum absolute atomic E-state index is 5.96. The van der Waals surface area contributed by atoms with Crippen LogP contribution in [0.5, 0.6) is 5.75 Å². The van der Waals surface area contributed by atoms with Gasteiger partial charge in [-0.2, -0.15) is 0 Å². The predicted octanol–water partition coefficient (Wildman–Crippen LogP) is 3.44. The molecule has 0 saturated carbocycles. The molecule has 0 amide bonds. The summed E-state index contributed by atoms with van der Waals surface area (Å²) >= 11 is 13.2. The fraction of sp³-hybridized carbons (Fsp3) is 0.364. The largest absolute Gasteiger partial charge is 0.491 e. The van der Waals surface area contributed by atoms with Crippen LogP contribution in [-0.4, -0.2) is 24.1 Å². The molecule has 0 heterocycles. The van der Waals surface area contributed by atoms with Crippen molar-refractivity contribution in [3.63, 3.8) is 0 Å². The summed E-state index contributed by atoms with van der Waals surface area (Å²) in [4.78, 5) is 4.06. The first kappa shape index (κ1) is 14.5. The average Bonchev–Trinajstić information content (AvgIpc) is 2.27. The lowest BCUT2D eigenvalue weighted by Gasteiger charge is -2.07. The highest BCUT2D eigenvalue weighted by Crippen LogP contribution is 2.27. The van der Waals surface area contributed by atoms with Gasteiger partial charge in [0.05, 0.1) is 11.6 Å². The molecule has 1 rings (SSSR count). The first-order chi connectivity index (χ1) is 8.13. The monoisotopic (exact) mass is 292 g/mol. The number of nitrogens with zero attached hydrogens (tertiary/aromatic N) is 1. The molecule has 1 aromatic carbocycles. The van der Waals surface area contributed by atoms with Gasteiger partial charge in [0.15, 0.2) is 5.17 Å². The summed E-state index contributed by atoms with van der Waals surface area (Å²) in [6, 6.07) is 5.14. The molecule has 1 aromatic rings. The zero-order valence-corrected chi connectivity index (χ0v) is 11.8. The van der Waals surface area contributed by atoms with Gasteiger partial charge < -0.3 is 10.5 Å². The van der Waals surface area contributed by atoms with Gasteiger partial charge >= 0.3 is 0 Å². The van der Waals surface area contributed by atoms with Crippen LogP contribution in [0.2, 0.25) is 10.0 Å². The Bertz CT molecular complexity index is 399. The first-order valence-corrected chi connectivity index (χ1v) is 6.88. The molecule has 0 spiro atoms. The van der Waals surface area contributed by atoms with Crippen molar-refractivity contribution in [1.29, 1.82) is 0 Å². The number of nitrogens with two attached hydrogens (primary N) is 1. The van der Waals surface area contributed by atoms with Gasteiger partial charge in [0.25, 0.3) is 0 Å². The van der Waals surface area contributed by atoms with Crippen molar-refractivity contribution in [2.75, 3.05) is 18.9 Å². The highest BCUT2D eigenvalue weighted by atomic mass is 35.5. The lowest BCUT2D eigenvalue weighted by molar-refractivity contribution is 0.344. The molecule has 0 unspecified atom stereocenters. The van der Waals surface area contributed by atoms with E-state index in [0.29, 0.717) is 34.1 Å². The fourth-order valence-corrected chi connectivity index (χ4v) is 2.15. The third-order valence-electron chi connectivity index (χ3n) is 1.80. The zero-order valence-electron chi connectivity index (χ0n) is 9.45. The van der Waals surface area contributed by atoms with Gasteiger partial charge in [-0.05, 0) is 25.1 Å². The summed E-state index contributed by atoms with van der Waals surface area (Å²) in [5, 5.41) is 1.69. The van der Waals surface area contributed by atoms with E-state index in [-0.39, 0.29) is 0 Å². The number of aliphatic imine (C=N–C) groups is 1. The van der Waals surface area contributed by atoms with Crippen LogP contribution in [0.4, 0.5) is 0 Å². The van der Waals surface area contributed by atoms with Gasteiger partial charge in [-0.1, -0.05) is 35.0 Å². The molecule has 0 aliphatic heterocycles. The minimum absolute atomic E-state index is 0.512. The van der Waals surface area contributed by atoms with Gasteiger partial charge in [0.2, 0.25) is 0 Å². The summed E-state index contributed by atoms with van der Waals surface area (Å²) in [6.07, 6.45) is 0. The molecule has 6 heteroatoms. The minimum Gasteiger partial charge on any atom is -0.491 e. The molecule has 0 saturated heterocycles. The molecule has 0 fully saturated rings. The molecule has 17 heavy (non-hydrogen) atoms. The third-order valence-corrected chi connectivity index (χ3v) is 3.12. The van der Waals surface area contributed by atoms with Crippen molar-refractivity contribution < 1.29 is 4.74 Å². The van der Waals surface area contributed by atoms with E-state index < -0.39 is 0 Å². The maximum Gasteiger partial charge on any atom is 0.154 e. The lowest BCUT2D eigenvalue weighted by atomic mass is 10.3. The number of thioether (sulfide) groups is 1. The van der Waals surface area contributed by atoms with Gasteiger partial charge in [0.1, 0.15) is 5.75 Å². The molecule has 2 N–H and O–H groups in total. The van der Waals surface area contributed by atoms with E-state index in [2.05, 4.69) is 4.99 Å². The van der Waals surface area contributed by atoms with Crippen LogP contribution < -0.4 is 10.5 Å². The second kappa shape index (κ2) is 7.69. The molecule has 0 aliphatic carbocycles. The van der Waals surface area contributed by atoms with Crippen LogP contribution in [0, 0.1) is 0 Å². The summed E-state index contributed by atoms with van der Waals surface area (Å²) in [6.45, 7) is 3.16. The standard InChI is InChI=1S/C11H14Cl2N2OS/c1-2-15-11(14)17-6-5-16-10-4-3-8(12)7-9(10)13/h3-4,7H,2,5-6H2,1H3,(H2,14,15). The van der Waals surface area contributed by atoms with Crippen LogP contribution in [0.25, 0.3) is 0 Å². The SMILES string of the molecule is CCN=C(N)SCCOc1ccc(Cl)cc1Cl. The molecule has 94 valence electrons. The highest BCUT2D eigenvalue weighted by molar-refractivity contribution is 8.13. The van der Waals surface area contributed by atoms with Gasteiger partial charge in [0, 0.05) is 17.3 Å². The van der Waals surface area contributed by atoms with Crippen LogP contribution in [-0.2, 0) is 0 Å². The van der Waals surface area contributed by atoms with Gasteiger partial charge in [-0.15, -0.1) is 0 Å². The number of hydrogen-bond acceptors (Lipinski definition) is 3. The van der Waals surface area contributed by atoms with Crippen LogP contribution >= 0.6 is 35.0 Å². The predicted molar refractivity (Wildman–Crippen MR) is 76.6 cm³/mol. The fourth-order valence-electron chi connectivity index (χ4n) is 1.09. The van der Waals surface area contributed by atoms with Crippen molar-refractivity contribution in [3.05, 3.63) is 28.2 Å². The van der Waals surface area contributed by atoms with Crippen LogP contribution in [0.15, 0.2) is 23.2 Å². The molecule has 0 aliphatic rings. The van der Waals surface area contributed by atoms with E-state index >= 15 is 0 Å². The van der Waals surface area contributed by atoms with E-state index in [1.165, 1.54) is 11.8 Å². The average molecular weight is 293 g/mol. The smallest absolute Gasteiger partial charge is 0.154 e. The Morgan fingerprint density at radius 3 is 2.88 bits per heavy atom. The van der Waals surface area contributed by atoms with Crippen molar-refractivity contribution >= 4 is 40.1 Å². The van der Waals surface area contributed by atoms with E-state index in [4.69, 9.17) is 33.7 Å². The Hall–Kier alpha value is -0.580. The summed E-state index contributed by atoms with van der Waals surface area (Å²) < 4.78 is 5.50. The Balaban J connectivity index is 2.34. The molecule has 0 atom stereocenters. The number of benzene rings is 1.